The number of rotatable bonds is 8. The van der Waals surface area contributed by atoms with Crippen LogP contribution in [-0.4, -0.2) is 37.6 Å². The minimum Gasteiger partial charge on any atom is -0.481 e. The highest BCUT2D eigenvalue weighted by atomic mass is 16.4. The molecule has 5 heteroatoms. The number of anilines is 1. The van der Waals surface area contributed by atoms with E-state index in [4.69, 9.17) is 5.11 Å². The van der Waals surface area contributed by atoms with Gasteiger partial charge in [-0.05, 0) is 30.5 Å². The summed E-state index contributed by atoms with van der Waals surface area (Å²) in [6, 6.07) is 8.10. The van der Waals surface area contributed by atoms with Gasteiger partial charge in [-0.15, -0.1) is 0 Å². The Hall–Kier alpha value is -2.04. The lowest BCUT2D eigenvalue weighted by atomic mass is 10.1. The van der Waals surface area contributed by atoms with Crippen molar-refractivity contribution in [1.29, 1.82) is 0 Å². The van der Waals surface area contributed by atoms with Crippen LogP contribution in [0.25, 0.3) is 0 Å². The van der Waals surface area contributed by atoms with Crippen molar-refractivity contribution in [1.82, 2.24) is 5.32 Å². The van der Waals surface area contributed by atoms with Gasteiger partial charge in [0, 0.05) is 32.7 Å². The van der Waals surface area contributed by atoms with Gasteiger partial charge >= 0.3 is 5.97 Å². The Morgan fingerprint density at radius 2 is 1.86 bits per heavy atom. The summed E-state index contributed by atoms with van der Waals surface area (Å²) in [5, 5.41) is 11.5. The van der Waals surface area contributed by atoms with E-state index in [1.165, 1.54) is 0 Å². The number of amides is 1. The van der Waals surface area contributed by atoms with Crippen LogP contribution in [0.5, 0.6) is 0 Å². The van der Waals surface area contributed by atoms with E-state index >= 15 is 0 Å². The third-order valence-electron chi connectivity index (χ3n) is 3.41. The lowest BCUT2D eigenvalue weighted by molar-refractivity contribution is -0.141. The van der Waals surface area contributed by atoms with Crippen molar-refractivity contribution in [2.24, 2.45) is 5.92 Å². The number of nitrogens with one attached hydrogen (secondary N) is 1. The molecule has 0 aliphatic heterocycles. The van der Waals surface area contributed by atoms with Gasteiger partial charge in [-0.1, -0.05) is 19.1 Å². The predicted molar refractivity (Wildman–Crippen MR) is 83.5 cm³/mol. The Bertz CT molecular complexity index is 469. The standard InChI is InChI=1S/C16H24N2O3/c1-12(16(20)21)10-11-17-15(19)9-6-13-4-7-14(8-5-13)18(2)3/h4-5,7-8,12H,6,9-11H2,1-3H3,(H,17,19)(H,20,21). The third kappa shape index (κ3) is 6.29. The molecule has 1 amide bonds. The summed E-state index contributed by atoms with van der Waals surface area (Å²) in [5.74, 6) is -1.29. The molecule has 0 radical (unpaired) electrons. The van der Waals surface area contributed by atoms with Crippen LogP contribution in [-0.2, 0) is 16.0 Å². The molecule has 1 aromatic rings. The maximum Gasteiger partial charge on any atom is 0.306 e. The topological polar surface area (TPSA) is 69.6 Å². The molecule has 0 fully saturated rings. The van der Waals surface area contributed by atoms with Gasteiger partial charge in [0.15, 0.2) is 0 Å². The van der Waals surface area contributed by atoms with Crippen LogP contribution in [0.15, 0.2) is 24.3 Å². The first-order valence-electron chi connectivity index (χ1n) is 7.16. The molecule has 116 valence electrons. The van der Waals surface area contributed by atoms with Gasteiger partial charge in [-0.25, -0.2) is 0 Å². The van der Waals surface area contributed by atoms with E-state index in [2.05, 4.69) is 5.32 Å². The van der Waals surface area contributed by atoms with Crippen molar-refractivity contribution in [3.63, 3.8) is 0 Å². The molecule has 0 aliphatic rings. The molecule has 1 aromatic carbocycles. The van der Waals surface area contributed by atoms with Crippen molar-refractivity contribution in [2.75, 3.05) is 25.5 Å². The Labute approximate surface area is 126 Å². The largest absolute Gasteiger partial charge is 0.481 e. The maximum absolute atomic E-state index is 11.7. The summed E-state index contributed by atoms with van der Waals surface area (Å²) in [6.45, 7) is 2.05. The van der Waals surface area contributed by atoms with Gasteiger partial charge in [0.2, 0.25) is 5.91 Å². The highest BCUT2D eigenvalue weighted by Crippen LogP contribution is 2.13. The molecule has 1 atom stereocenters. The second kappa shape index (κ2) is 8.29. The van der Waals surface area contributed by atoms with E-state index < -0.39 is 11.9 Å². The SMILES string of the molecule is CC(CCNC(=O)CCc1ccc(N(C)C)cc1)C(=O)O. The zero-order valence-corrected chi connectivity index (χ0v) is 12.9. The Balaban J connectivity index is 2.28. The summed E-state index contributed by atoms with van der Waals surface area (Å²) < 4.78 is 0. The lowest BCUT2D eigenvalue weighted by Gasteiger charge is -2.12. The zero-order chi connectivity index (χ0) is 15.8. The Morgan fingerprint density at radius 3 is 2.38 bits per heavy atom. The van der Waals surface area contributed by atoms with Crippen molar-refractivity contribution in [2.45, 2.75) is 26.2 Å². The maximum atomic E-state index is 11.7. The van der Waals surface area contributed by atoms with Crippen molar-refractivity contribution < 1.29 is 14.7 Å². The van der Waals surface area contributed by atoms with E-state index in [0.717, 1.165) is 11.3 Å². The molecule has 5 nitrogen and oxygen atoms in total. The van der Waals surface area contributed by atoms with Gasteiger partial charge in [0.1, 0.15) is 0 Å². The molecule has 0 saturated carbocycles. The second-order valence-electron chi connectivity index (χ2n) is 5.44. The van der Waals surface area contributed by atoms with Crippen LogP contribution in [0.3, 0.4) is 0 Å². The molecule has 21 heavy (non-hydrogen) atoms. The van der Waals surface area contributed by atoms with Crippen molar-refractivity contribution in [3.8, 4) is 0 Å². The fourth-order valence-corrected chi connectivity index (χ4v) is 1.86. The molecular weight excluding hydrogens is 268 g/mol. The van der Waals surface area contributed by atoms with Gasteiger partial charge in [-0.3, -0.25) is 9.59 Å². The van der Waals surface area contributed by atoms with E-state index in [1.54, 1.807) is 6.92 Å². The lowest BCUT2D eigenvalue weighted by Crippen LogP contribution is -2.27. The van der Waals surface area contributed by atoms with Gasteiger partial charge in [-0.2, -0.15) is 0 Å². The van der Waals surface area contributed by atoms with E-state index in [0.29, 0.717) is 25.8 Å². The number of carbonyl (C=O) groups excluding carboxylic acids is 1. The predicted octanol–water partition coefficient (Wildman–Crippen LogP) is 1.91. The molecular formula is C16H24N2O3. The first kappa shape index (κ1) is 17.0. The molecule has 0 heterocycles. The zero-order valence-electron chi connectivity index (χ0n) is 12.9. The van der Waals surface area contributed by atoms with Crippen LogP contribution in [0, 0.1) is 5.92 Å². The van der Waals surface area contributed by atoms with Crippen LogP contribution < -0.4 is 10.2 Å². The van der Waals surface area contributed by atoms with E-state index in [1.807, 2.05) is 43.3 Å². The fraction of sp³-hybridized carbons (Fsp3) is 0.500. The first-order valence-corrected chi connectivity index (χ1v) is 7.16. The highest BCUT2D eigenvalue weighted by molar-refractivity contribution is 5.76. The summed E-state index contributed by atoms with van der Waals surface area (Å²) in [6.07, 6.45) is 1.56. The van der Waals surface area contributed by atoms with Crippen LogP contribution in [0.4, 0.5) is 5.69 Å². The number of nitrogens with zero attached hydrogens (tertiary/aromatic N) is 1. The minimum absolute atomic E-state index is 0.0377. The molecule has 0 saturated heterocycles. The third-order valence-corrected chi connectivity index (χ3v) is 3.41. The van der Waals surface area contributed by atoms with Crippen LogP contribution >= 0.6 is 0 Å². The molecule has 0 bridgehead atoms. The number of carboxylic acids is 1. The molecule has 0 aromatic heterocycles. The number of benzene rings is 1. The van der Waals surface area contributed by atoms with Crippen LogP contribution in [0.2, 0.25) is 0 Å². The average molecular weight is 292 g/mol. The second-order valence-corrected chi connectivity index (χ2v) is 5.44. The smallest absolute Gasteiger partial charge is 0.306 e. The van der Waals surface area contributed by atoms with E-state index in [-0.39, 0.29) is 5.91 Å². The minimum atomic E-state index is -0.828. The number of carbonyl (C=O) groups is 2. The number of carboxylic acid groups (broad SMARTS) is 1. The molecule has 0 spiro atoms. The number of hydrogen-bond donors (Lipinski definition) is 2. The van der Waals surface area contributed by atoms with Gasteiger partial charge in [0.25, 0.3) is 0 Å². The average Bonchev–Trinajstić information content (AvgIpc) is 2.45. The monoisotopic (exact) mass is 292 g/mol. The Morgan fingerprint density at radius 1 is 1.24 bits per heavy atom. The summed E-state index contributed by atoms with van der Waals surface area (Å²) in [4.78, 5) is 24.3. The summed E-state index contributed by atoms with van der Waals surface area (Å²) in [5.41, 5.74) is 2.25. The van der Waals surface area contributed by atoms with Crippen molar-refractivity contribution >= 4 is 17.6 Å². The molecule has 2 N–H and O–H groups in total. The van der Waals surface area contributed by atoms with Crippen LogP contribution in [0.1, 0.15) is 25.3 Å². The summed E-state index contributed by atoms with van der Waals surface area (Å²) in [7, 11) is 3.97. The van der Waals surface area contributed by atoms with Gasteiger partial charge in [0.05, 0.1) is 5.92 Å². The highest BCUT2D eigenvalue weighted by Gasteiger charge is 2.10. The Kier molecular flexibility index (Phi) is 6.72. The molecule has 0 aliphatic carbocycles. The van der Waals surface area contributed by atoms with E-state index in [9.17, 15) is 9.59 Å². The summed E-state index contributed by atoms with van der Waals surface area (Å²) >= 11 is 0. The molecule has 1 rings (SSSR count). The first-order chi connectivity index (χ1) is 9.90. The fourth-order valence-electron chi connectivity index (χ4n) is 1.86. The van der Waals surface area contributed by atoms with Gasteiger partial charge < -0.3 is 15.3 Å². The van der Waals surface area contributed by atoms with Crippen molar-refractivity contribution in [3.05, 3.63) is 29.8 Å². The normalized spacial score (nSPS) is 11.8. The molecule has 1 unspecified atom stereocenters. The number of aryl methyl sites for hydroxylation is 1. The number of aliphatic carboxylic acids is 1. The quantitative estimate of drug-likeness (QED) is 0.768. The number of hydrogen-bond acceptors (Lipinski definition) is 3.